The number of carbonyl (C=O) groups is 1. The number of rotatable bonds is 3. The maximum atomic E-state index is 11.6. The lowest BCUT2D eigenvalue weighted by atomic mass is 10.0. The maximum absolute atomic E-state index is 11.6. The first-order chi connectivity index (χ1) is 7.81. The Balaban J connectivity index is 2.13. The van der Waals surface area contributed by atoms with Gasteiger partial charge >= 0.3 is 0 Å². The molecule has 1 aliphatic rings. The van der Waals surface area contributed by atoms with Crippen LogP contribution in [0.3, 0.4) is 0 Å². The Morgan fingerprint density at radius 3 is 3.19 bits per heavy atom. The predicted molar refractivity (Wildman–Crippen MR) is 59.7 cm³/mol. The van der Waals surface area contributed by atoms with E-state index in [9.17, 15) is 4.79 Å². The molecule has 1 aromatic rings. The van der Waals surface area contributed by atoms with E-state index in [1.165, 1.54) is 0 Å². The largest absolute Gasteiger partial charge is 0.493 e. The smallest absolute Gasteiger partial charge is 0.251 e. The van der Waals surface area contributed by atoms with Gasteiger partial charge in [0.05, 0.1) is 13.2 Å². The van der Waals surface area contributed by atoms with Crippen molar-refractivity contribution in [2.45, 2.75) is 12.8 Å². The van der Waals surface area contributed by atoms with E-state index in [1.54, 1.807) is 6.07 Å². The van der Waals surface area contributed by atoms with Gasteiger partial charge in [-0.15, -0.1) is 0 Å². The summed E-state index contributed by atoms with van der Waals surface area (Å²) in [5.41, 5.74) is 1.71. The zero-order valence-corrected chi connectivity index (χ0v) is 9.03. The fourth-order valence-corrected chi connectivity index (χ4v) is 1.77. The van der Waals surface area contributed by atoms with Gasteiger partial charge in [-0.25, -0.2) is 0 Å². The Morgan fingerprint density at radius 2 is 2.38 bits per heavy atom. The highest BCUT2D eigenvalue weighted by Gasteiger charge is 2.13. The fourth-order valence-electron chi connectivity index (χ4n) is 1.77. The van der Waals surface area contributed by atoms with Gasteiger partial charge in [-0.3, -0.25) is 4.79 Å². The number of aryl methyl sites for hydroxylation is 1. The van der Waals surface area contributed by atoms with Crippen molar-refractivity contribution in [2.75, 3.05) is 19.8 Å². The first kappa shape index (κ1) is 11.0. The number of hydrogen-bond acceptors (Lipinski definition) is 3. The normalized spacial score (nSPS) is 13.8. The third-order valence-electron chi connectivity index (χ3n) is 2.57. The van der Waals surface area contributed by atoms with Gasteiger partial charge in [-0.1, -0.05) is 0 Å². The van der Waals surface area contributed by atoms with Crippen LogP contribution in [0.25, 0.3) is 0 Å². The van der Waals surface area contributed by atoms with E-state index in [-0.39, 0.29) is 19.1 Å². The highest BCUT2D eigenvalue weighted by atomic mass is 16.5. The van der Waals surface area contributed by atoms with E-state index in [4.69, 9.17) is 9.84 Å². The Bertz CT molecular complexity index is 390. The van der Waals surface area contributed by atoms with E-state index < -0.39 is 0 Å². The van der Waals surface area contributed by atoms with Gasteiger partial charge in [0.1, 0.15) is 5.75 Å². The molecular weight excluding hydrogens is 206 g/mol. The van der Waals surface area contributed by atoms with Crippen LogP contribution < -0.4 is 10.1 Å². The fraction of sp³-hybridized carbons (Fsp3) is 0.417. The SMILES string of the molecule is O=C(NCCO)c1ccc2c(c1)CCCO2. The van der Waals surface area contributed by atoms with Crippen LogP contribution in [-0.4, -0.2) is 30.8 Å². The molecule has 1 heterocycles. The number of aliphatic hydroxyl groups excluding tert-OH is 1. The summed E-state index contributed by atoms with van der Waals surface area (Å²) in [6, 6.07) is 5.44. The van der Waals surface area contributed by atoms with Crippen LogP contribution >= 0.6 is 0 Å². The molecule has 0 fully saturated rings. The lowest BCUT2D eigenvalue weighted by Crippen LogP contribution is -2.26. The van der Waals surface area contributed by atoms with Crippen LogP contribution in [-0.2, 0) is 6.42 Å². The standard InChI is InChI=1S/C12H15NO3/c14-6-5-13-12(15)10-3-4-11-9(8-10)2-1-7-16-11/h3-4,8,14H,1-2,5-7H2,(H,13,15). The first-order valence-corrected chi connectivity index (χ1v) is 5.46. The molecule has 0 saturated heterocycles. The number of hydrogen-bond donors (Lipinski definition) is 2. The Hall–Kier alpha value is -1.55. The Morgan fingerprint density at radius 1 is 1.50 bits per heavy atom. The number of nitrogens with one attached hydrogen (secondary N) is 1. The average Bonchev–Trinajstić information content (AvgIpc) is 2.35. The molecule has 16 heavy (non-hydrogen) atoms. The molecule has 1 aliphatic heterocycles. The zero-order valence-electron chi connectivity index (χ0n) is 9.03. The molecule has 0 bridgehead atoms. The van der Waals surface area contributed by atoms with Crippen LogP contribution in [0.2, 0.25) is 0 Å². The first-order valence-electron chi connectivity index (χ1n) is 5.46. The van der Waals surface area contributed by atoms with Crippen LogP contribution in [0.1, 0.15) is 22.3 Å². The molecule has 1 aromatic carbocycles. The molecule has 1 amide bonds. The quantitative estimate of drug-likeness (QED) is 0.791. The maximum Gasteiger partial charge on any atom is 0.251 e. The summed E-state index contributed by atoms with van der Waals surface area (Å²) in [5, 5.41) is 11.2. The van der Waals surface area contributed by atoms with Crippen molar-refractivity contribution in [1.29, 1.82) is 0 Å². The van der Waals surface area contributed by atoms with Gasteiger partial charge in [0, 0.05) is 12.1 Å². The minimum absolute atomic E-state index is 0.0419. The molecule has 4 heteroatoms. The number of fused-ring (bicyclic) bond motifs is 1. The highest BCUT2D eigenvalue weighted by Crippen LogP contribution is 2.25. The molecule has 4 nitrogen and oxygen atoms in total. The van der Waals surface area contributed by atoms with Crippen LogP contribution in [0.4, 0.5) is 0 Å². The summed E-state index contributed by atoms with van der Waals surface area (Å²) in [4.78, 5) is 11.6. The van der Waals surface area contributed by atoms with Gasteiger partial charge < -0.3 is 15.2 Å². The Labute approximate surface area is 94.2 Å². The molecule has 2 rings (SSSR count). The zero-order chi connectivity index (χ0) is 11.4. The van der Waals surface area contributed by atoms with Gasteiger partial charge in [-0.05, 0) is 36.6 Å². The van der Waals surface area contributed by atoms with E-state index in [1.807, 2.05) is 12.1 Å². The van der Waals surface area contributed by atoms with Gasteiger partial charge in [0.2, 0.25) is 0 Å². The number of amides is 1. The number of ether oxygens (including phenoxy) is 1. The van der Waals surface area contributed by atoms with Crippen molar-refractivity contribution in [1.82, 2.24) is 5.32 Å². The summed E-state index contributed by atoms with van der Waals surface area (Å²) in [6.45, 7) is 0.995. The molecule has 0 atom stereocenters. The lowest BCUT2D eigenvalue weighted by molar-refractivity contribution is 0.0944. The van der Waals surface area contributed by atoms with E-state index in [0.717, 1.165) is 30.8 Å². The van der Waals surface area contributed by atoms with Crippen molar-refractivity contribution < 1.29 is 14.6 Å². The van der Waals surface area contributed by atoms with Crippen molar-refractivity contribution >= 4 is 5.91 Å². The van der Waals surface area contributed by atoms with E-state index >= 15 is 0 Å². The number of benzene rings is 1. The predicted octanol–water partition coefficient (Wildman–Crippen LogP) is 0.734. The summed E-state index contributed by atoms with van der Waals surface area (Å²) >= 11 is 0. The van der Waals surface area contributed by atoms with Crippen molar-refractivity contribution in [3.8, 4) is 5.75 Å². The van der Waals surface area contributed by atoms with Crippen molar-refractivity contribution in [3.63, 3.8) is 0 Å². The second kappa shape index (κ2) is 4.99. The lowest BCUT2D eigenvalue weighted by Gasteiger charge is -2.17. The van der Waals surface area contributed by atoms with Crippen molar-refractivity contribution in [2.24, 2.45) is 0 Å². The summed E-state index contributed by atoms with van der Waals surface area (Å²) in [6.07, 6.45) is 1.95. The van der Waals surface area contributed by atoms with Gasteiger partial charge in [-0.2, -0.15) is 0 Å². The van der Waals surface area contributed by atoms with Gasteiger partial charge in [0.15, 0.2) is 0 Å². The molecule has 2 N–H and O–H groups in total. The molecule has 0 aromatic heterocycles. The second-order valence-corrected chi connectivity index (χ2v) is 3.75. The third kappa shape index (κ3) is 2.33. The second-order valence-electron chi connectivity index (χ2n) is 3.75. The van der Waals surface area contributed by atoms with Crippen LogP contribution in [0.5, 0.6) is 5.75 Å². The average molecular weight is 221 g/mol. The molecule has 0 spiro atoms. The van der Waals surface area contributed by atoms with E-state index in [2.05, 4.69) is 5.32 Å². The molecule has 86 valence electrons. The Kier molecular flexibility index (Phi) is 3.41. The van der Waals surface area contributed by atoms with E-state index in [0.29, 0.717) is 5.56 Å². The molecule has 0 saturated carbocycles. The van der Waals surface area contributed by atoms with Crippen molar-refractivity contribution in [3.05, 3.63) is 29.3 Å². The minimum atomic E-state index is -0.151. The third-order valence-corrected chi connectivity index (χ3v) is 2.57. The molecule has 0 radical (unpaired) electrons. The molecule has 0 aliphatic carbocycles. The van der Waals surface area contributed by atoms with Crippen LogP contribution in [0, 0.1) is 0 Å². The van der Waals surface area contributed by atoms with Crippen LogP contribution in [0.15, 0.2) is 18.2 Å². The van der Waals surface area contributed by atoms with Gasteiger partial charge in [0.25, 0.3) is 5.91 Å². The molecular formula is C12H15NO3. The summed E-state index contributed by atoms with van der Waals surface area (Å²) < 4.78 is 5.47. The number of aliphatic hydroxyl groups is 1. The topological polar surface area (TPSA) is 58.6 Å². The minimum Gasteiger partial charge on any atom is -0.493 e. The highest BCUT2D eigenvalue weighted by molar-refractivity contribution is 5.94. The number of carbonyl (C=O) groups excluding carboxylic acids is 1. The summed E-state index contributed by atoms with van der Waals surface area (Å²) in [5.74, 6) is 0.729. The molecule has 0 unspecified atom stereocenters. The monoisotopic (exact) mass is 221 g/mol. The summed E-state index contributed by atoms with van der Waals surface area (Å²) in [7, 11) is 0.